The molecule has 132 valence electrons. The van der Waals surface area contributed by atoms with Gasteiger partial charge in [-0.05, 0) is 50.2 Å². The minimum Gasteiger partial charge on any atom is -0.467 e. The molecule has 5 nitrogen and oxygen atoms in total. The zero-order chi connectivity index (χ0) is 18.5. The molecule has 3 rings (SSSR count). The van der Waals surface area contributed by atoms with Gasteiger partial charge in [0, 0.05) is 23.0 Å². The van der Waals surface area contributed by atoms with E-state index in [9.17, 15) is 9.18 Å². The molecule has 0 radical (unpaired) electrons. The fourth-order valence-electron chi connectivity index (χ4n) is 2.32. The van der Waals surface area contributed by atoms with Gasteiger partial charge in [-0.25, -0.2) is 9.37 Å². The van der Waals surface area contributed by atoms with E-state index < -0.39 is 0 Å². The van der Waals surface area contributed by atoms with Gasteiger partial charge in [0.1, 0.15) is 5.82 Å². The fraction of sp³-hybridized carbons (Fsp3) is 0.150. The number of ether oxygens (including phenoxy) is 1. The van der Waals surface area contributed by atoms with Crippen LogP contribution in [-0.2, 0) is 4.79 Å². The predicted octanol–water partition coefficient (Wildman–Crippen LogP) is 3.92. The van der Waals surface area contributed by atoms with Crippen molar-refractivity contribution in [2.75, 3.05) is 11.9 Å². The van der Waals surface area contributed by atoms with Gasteiger partial charge in [0.2, 0.25) is 5.88 Å². The molecule has 0 aliphatic rings. The van der Waals surface area contributed by atoms with Crippen molar-refractivity contribution in [3.8, 4) is 17.3 Å². The zero-order valence-corrected chi connectivity index (χ0v) is 14.5. The van der Waals surface area contributed by atoms with Crippen LogP contribution in [0.15, 0.2) is 54.6 Å². The topological polar surface area (TPSA) is 64.1 Å². The van der Waals surface area contributed by atoms with Crippen LogP contribution in [0.3, 0.4) is 0 Å². The lowest BCUT2D eigenvalue weighted by molar-refractivity contribution is -0.118. The summed E-state index contributed by atoms with van der Waals surface area (Å²) in [5.74, 6) is 0.0916. The molecule has 0 unspecified atom stereocenters. The van der Waals surface area contributed by atoms with Crippen molar-refractivity contribution >= 4 is 11.6 Å². The number of halogens is 1. The summed E-state index contributed by atoms with van der Waals surface area (Å²) < 4.78 is 18.6. The molecule has 0 spiro atoms. The summed E-state index contributed by atoms with van der Waals surface area (Å²) >= 11 is 0. The number of amides is 1. The maximum Gasteiger partial charge on any atom is 0.262 e. The van der Waals surface area contributed by atoms with E-state index in [0.29, 0.717) is 22.8 Å². The number of carbonyl (C=O) groups excluding carboxylic acids is 1. The van der Waals surface area contributed by atoms with Crippen molar-refractivity contribution in [2.24, 2.45) is 0 Å². The van der Waals surface area contributed by atoms with Gasteiger partial charge in [0.25, 0.3) is 5.91 Å². The van der Waals surface area contributed by atoms with Crippen molar-refractivity contribution in [3.63, 3.8) is 0 Å². The normalized spacial score (nSPS) is 10.4. The Kier molecular flexibility index (Phi) is 5.22. The van der Waals surface area contributed by atoms with Crippen LogP contribution in [0, 0.1) is 19.7 Å². The number of nitrogens with zero attached hydrogens (tertiary/aromatic N) is 2. The Labute approximate surface area is 150 Å². The molecular formula is C20H18FN3O2. The lowest BCUT2D eigenvalue weighted by Crippen LogP contribution is -2.20. The summed E-state index contributed by atoms with van der Waals surface area (Å²) in [5.41, 5.74) is 3.18. The molecule has 1 heterocycles. The van der Waals surface area contributed by atoms with Crippen molar-refractivity contribution in [1.82, 2.24) is 9.97 Å². The van der Waals surface area contributed by atoms with Gasteiger partial charge >= 0.3 is 0 Å². The van der Waals surface area contributed by atoms with Gasteiger partial charge in [0.15, 0.2) is 12.4 Å². The minimum atomic E-state index is -0.328. The van der Waals surface area contributed by atoms with Gasteiger partial charge in [-0.15, -0.1) is 0 Å². The number of aryl methyl sites for hydroxylation is 2. The first kappa shape index (κ1) is 17.5. The van der Waals surface area contributed by atoms with Crippen LogP contribution < -0.4 is 10.1 Å². The first-order valence-electron chi connectivity index (χ1n) is 8.10. The second-order valence-corrected chi connectivity index (χ2v) is 5.88. The highest BCUT2D eigenvalue weighted by Gasteiger charge is 2.09. The van der Waals surface area contributed by atoms with E-state index >= 15 is 0 Å². The van der Waals surface area contributed by atoms with Gasteiger partial charge in [-0.2, -0.15) is 4.98 Å². The highest BCUT2D eigenvalue weighted by molar-refractivity contribution is 5.91. The van der Waals surface area contributed by atoms with E-state index in [2.05, 4.69) is 15.3 Å². The van der Waals surface area contributed by atoms with Crippen LogP contribution >= 0.6 is 0 Å². The second-order valence-electron chi connectivity index (χ2n) is 5.88. The zero-order valence-electron chi connectivity index (χ0n) is 14.5. The molecule has 1 N–H and O–H groups in total. The first-order chi connectivity index (χ1) is 12.5. The van der Waals surface area contributed by atoms with Crippen LogP contribution in [0.4, 0.5) is 10.1 Å². The van der Waals surface area contributed by atoms with Crippen LogP contribution in [-0.4, -0.2) is 22.5 Å². The second kappa shape index (κ2) is 7.74. The van der Waals surface area contributed by atoms with E-state index in [0.717, 1.165) is 5.56 Å². The number of hydrogen-bond donors (Lipinski definition) is 1. The van der Waals surface area contributed by atoms with Crippen molar-refractivity contribution in [2.45, 2.75) is 13.8 Å². The molecule has 1 amide bonds. The van der Waals surface area contributed by atoms with Crippen LogP contribution in [0.2, 0.25) is 0 Å². The van der Waals surface area contributed by atoms with Crippen LogP contribution in [0.25, 0.3) is 11.4 Å². The Morgan fingerprint density at radius 3 is 2.42 bits per heavy atom. The SMILES string of the molecule is Cc1ccc(NC(=O)COc2cc(C)nc(-c3ccc(F)cc3)n2)cc1. The predicted molar refractivity (Wildman–Crippen MR) is 97.5 cm³/mol. The quantitative estimate of drug-likeness (QED) is 0.757. The van der Waals surface area contributed by atoms with E-state index in [1.54, 1.807) is 25.1 Å². The van der Waals surface area contributed by atoms with Crippen molar-refractivity contribution in [3.05, 3.63) is 71.7 Å². The Morgan fingerprint density at radius 1 is 1.04 bits per heavy atom. The summed E-state index contributed by atoms with van der Waals surface area (Å²) in [5, 5.41) is 2.76. The van der Waals surface area contributed by atoms with Crippen molar-refractivity contribution in [1.29, 1.82) is 0 Å². The van der Waals surface area contributed by atoms with E-state index in [-0.39, 0.29) is 24.2 Å². The average molecular weight is 351 g/mol. The Morgan fingerprint density at radius 2 is 1.73 bits per heavy atom. The number of carbonyl (C=O) groups is 1. The molecule has 0 aliphatic heterocycles. The fourth-order valence-corrected chi connectivity index (χ4v) is 2.32. The molecule has 0 aliphatic carbocycles. The van der Waals surface area contributed by atoms with Crippen LogP contribution in [0.1, 0.15) is 11.3 Å². The van der Waals surface area contributed by atoms with E-state index in [1.807, 2.05) is 31.2 Å². The molecule has 3 aromatic rings. The number of anilines is 1. The summed E-state index contributed by atoms with van der Waals surface area (Å²) in [6.45, 7) is 3.60. The third kappa shape index (κ3) is 4.63. The highest BCUT2D eigenvalue weighted by atomic mass is 19.1. The van der Waals surface area contributed by atoms with E-state index in [1.165, 1.54) is 12.1 Å². The van der Waals surface area contributed by atoms with Gasteiger partial charge in [-0.3, -0.25) is 4.79 Å². The molecule has 0 fully saturated rings. The Balaban J connectivity index is 1.66. The molecule has 0 atom stereocenters. The highest BCUT2D eigenvalue weighted by Crippen LogP contribution is 2.19. The Bertz CT molecular complexity index is 909. The third-order valence-corrected chi connectivity index (χ3v) is 3.62. The largest absolute Gasteiger partial charge is 0.467 e. The standard InChI is InChI=1S/C20H18FN3O2/c1-13-3-9-17(10-4-13)23-18(25)12-26-19-11-14(2)22-20(24-19)15-5-7-16(21)8-6-15/h3-11H,12H2,1-2H3,(H,23,25). The van der Waals surface area contributed by atoms with Gasteiger partial charge in [-0.1, -0.05) is 17.7 Å². The summed E-state index contributed by atoms with van der Waals surface area (Å²) in [6, 6.07) is 15.0. The first-order valence-corrected chi connectivity index (χ1v) is 8.10. The number of nitrogens with one attached hydrogen (secondary N) is 1. The molecule has 1 aromatic heterocycles. The minimum absolute atomic E-state index is 0.173. The van der Waals surface area contributed by atoms with Gasteiger partial charge < -0.3 is 10.1 Å². The summed E-state index contributed by atoms with van der Waals surface area (Å²) in [4.78, 5) is 20.6. The summed E-state index contributed by atoms with van der Waals surface area (Å²) in [7, 11) is 0. The lowest BCUT2D eigenvalue weighted by atomic mass is 10.2. The molecule has 2 aromatic carbocycles. The number of benzene rings is 2. The molecule has 0 bridgehead atoms. The number of aromatic nitrogens is 2. The molecule has 0 saturated heterocycles. The van der Waals surface area contributed by atoms with Crippen LogP contribution in [0.5, 0.6) is 5.88 Å². The average Bonchev–Trinajstić information content (AvgIpc) is 2.62. The molecule has 0 saturated carbocycles. The number of hydrogen-bond acceptors (Lipinski definition) is 4. The van der Waals surface area contributed by atoms with Gasteiger partial charge in [0.05, 0.1) is 0 Å². The molecular weight excluding hydrogens is 333 g/mol. The van der Waals surface area contributed by atoms with Crippen molar-refractivity contribution < 1.29 is 13.9 Å². The monoisotopic (exact) mass is 351 g/mol. The maximum atomic E-state index is 13.1. The Hall–Kier alpha value is -3.28. The maximum absolute atomic E-state index is 13.1. The molecule has 26 heavy (non-hydrogen) atoms. The lowest BCUT2D eigenvalue weighted by Gasteiger charge is -2.09. The summed E-state index contributed by atoms with van der Waals surface area (Å²) in [6.07, 6.45) is 0. The van der Waals surface area contributed by atoms with E-state index in [4.69, 9.17) is 4.74 Å². The molecule has 6 heteroatoms. The smallest absolute Gasteiger partial charge is 0.262 e. The number of rotatable bonds is 5. The third-order valence-electron chi connectivity index (χ3n) is 3.62.